The van der Waals surface area contributed by atoms with E-state index in [4.69, 9.17) is 35.4 Å². The normalized spacial score (nSPS) is 10.6. The van der Waals surface area contributed by atoms with Gasteiger partial charge < -0.3 is 10.6 Å². The van der Waals surface area contributed by atoms with Gasteiger partial charge in [0, 0.05) is 23.1 Å². The van der Waals surface area contributed by atoms with E-state index < -0.39 is 0 Å². The molecule has 5 heteroatoms. The van der Waals surface area contributed by atoms with Crippen LogP contribution in [-0.4, -0.2) is 5.11 Å². The molecule has 0 atom stereocenters. The Morgan fingerprint density at radius 2 is 1.54 bits per heavy atom. The molecule has 0 unspecified atom stereocenters. The maximum atomic E-state index is 6.16. The second-order valence-corrected chi connectivity index (χ2v) is 6.66. The lowest BCUT2D eigenvalue weighted by molar-refractivity contribution is 0.836. The van der Waals surface area contributed by atoms with Crippen LogP contribution in [-0.2, 0) is 13.1 Å². The van der Waals surface area contributed by atoms with Crippen molar-refractivity contribution in [1.82, 2.24) is 10.6 Å². The van der Waals surface area contributed by atoms with Crippen molar-refractivity contribution in [3.8, 4) is 0 Å². The fourth-order valence-corrected chi connectivity index (χ4v) is 3.14. The van der Waals surface area contributed by atoms with Gasteiger partial charge in [0.15, 0.2) is 5.11 Å². The summed E-state index contributed by atoms with van der Waals surface area (Å²) in [5.41, 5.74) is 2.16. The number of halogens is 2. The van der Waals surface area contributed by atoms with Gasteiger partial charge in [0.1, 0.15) is 0 Å². The van der Waals surface area contributed by atoms with Gasteiger partial charge in [-0.2, -0.15) is 0 Å². The molecule has 3 aromatic carbocycles. The maximum Gasteiger partial charge on any atom is 0.166 e. The van der Waals surface area contributed by atoms with Gasteiger partial charge in [-0.25, -0.2) is 0 Å². The third kappa shape index (κ3) is 4.18. The van der Waals surface area contributed by atoms with E-state index in [1.165, 1.54) is 16.3 Å². The van der Waals surface area contributed by atoms with Crippen LogP contribution in [0.15, 0.2) is 60.7 Å². The highest BCUT2D eigenvalue weighted by atomic mass is 35.5. The first-order chi connectivity index (χ1) is 11.6. The molecule has 0 saturated carbocycles. The molecule has 3 aromatic rings. The summed E-state index contributed by atoms with van der Waals surface area (Å²) < 4.78 is 0. The summed E-state index contributed by atoms with van der Waals surface area (Å²) in [7, 11) is 0. The molecule has 0 radical (unpaired) electrons. The number of hydrogen-bond acceptors (Lipinski definition) is 1. The van der Waals surface area contributed by atoms with Crippen LogP contribution in [0.1, 0.15) is 11.1 Å². The van der Waals surface area contributed by atoms with Crippen LogP contribution in [0.2, 0.25) is 10.0 Å². The van der Waals surface area contributed by atoms with E-state index in [-0.39, 0.29) is 0 Å². The van der Waals surface area contributed by atoms with E-state index in [1.54, 1.807) is 6.07 Å². The summed E-state index contributed by atoms with van der Waals surface area (Å²) in [6.45, 7) is 1.22. The van der Waals surface area contributed by atoms with Crippen molar-refractivity contribution in [3.63, 3.8) is 0 Å². The third-order valence-corrected chi connectivity index (χ3v) is 4.65. The predicted octanol–water partition coefficient (Wildman–Crippen LogP) is 5.31. The van der Waals surface area contributed by atoms with E-state index in [9.17, 15) is 0 Å². The Balaban J connectivity index is 1.59. The van der Waals surface area contributed by atoms with Gasteiger partial charge in [0.05, 0.1) is 0 Å². The van der Waals surface area contributed by atoms with E-state index >= 15 is 0 Å². The molecule has 0 aromatic heterocycles. The average Bonchev–Trinajstić information content (AvgIpc) is 2.59. The summed E-state index contributed by atoms with van der Waals surface area (Å²) in [6.07, 6.45) is 0. The highest BCUT2D eigenvalue weighted by molar-refractivity contribution is 7.80. The van der Waals surface area contributed by atoms with Crippen molar-refractivity contribution in [2.24, 2.45) is 0 Å². The van der Waals surface area contributed by atoms with E-state index in [1.807, 2.05) is 24.3 Å². The molecule has 0 heterocycles. The first-order valence-electron chi connectivity index (χ1n) is 7.56. The largest absolute Gasteiger partial charge is 0.359 e. The van der Waals surface area contributed by atoms with Crippen molar-refractivity contribution in [2.45, 2.75) is 13.1 Å². The molecule has 122 valence electrons. The summed E-state index contributed by atoms with van der Waals surface area (Å²) in [5, 5.41) is 10.7. The lowest BCUT2D eigenvalue weighted by Crippen LogP contribution is -2.34. The van der Waals surface area contributed by atoms with E-state index in [0.717, 1.165) is 5.56 Å². The minimum absolute atomic E-state index is 0.553. The first-order valence-corrected chi connectivity index (χ1v) is 8.72. The van der Waals surface area contributed by atoms with Crippen molar-refractivity contribution in [3.05, 3.63) is 81.8 Å². The SMILES string of the molecule is S=C(NCc1ccc(Cl)cc1Cl)NCc1cccc2ccccc12. The van der Waals surface area contributed by atoms with E-state index in [2.05, 4.69) is 41.0 Å². The third-order valence-electron chi connectivity index (χ3n) is 3.77. The monoisotopic (exact) mass is 374 g/mol. The fourth-order valence-electron chi connectivity index (χ4n) is 2.53. The molecule has 0 aliphatic heterocycles. The van der Waals surface area contributed by atoms with Crippen LogP contribution in [0, 0.1) is 0 Å². The van der Waals surface area contributed by atoms with Gasteiger partial charge in [-0.15, -0.1) is 0 Å². The Labute approximate surface area is 156 Å². The predicted molar refractivity (Wildman–Crippen MR) is 107 cm³/mol. The second-order valence-electron chi connectivity index (χ2n) is 5.41. The topological polar surface area (TPSA) is 24.1 Å². The molecular formula is C19H16Cl2N2S. The Morgan fingerprint density at radius 3 is 2.33 bits per heavy atom. The van der Waals surface area contributed by atoms with Gasteiger partial charge in [0.2, 0.25) is 0 Å². The minimum atomic E-state index is 0.553. The zero-order valence-corrected chi connectivity index (χ0v) is 15.2. The fraction of sp³-hybridized carbons (Fsp3) is 0.105. The number of rotatable bonds is 4. The van der Waals surface area contributed by atoms with Gasteiger partial charge >= 0.3 is 0 Å². The molecule has 0 spiro atoms. The van der Waals surface area contributed by atoms with Crippen molar-refractivity contribution in [1.29, 1.82) is 0 Å². The van der Waals surface area contributed by atoms with Crippen LogP contribution >= 0.6 is 35.4 Å². The maximum absolute atomic E-state index is 6.16. The van der Waals surface area contributed by atoms with E-state index in [0.29, 0.717) is 28.2 Å². The number of benzene rings is 3. The lowest BCUT2D eigenvalue weighted by atomic mass is 10.0. The number of thiocarbonyl (C=S) groups is 1. The molecule has 0 bridgehead atoms. The molecule has 24 heavy (non-hydrogen) atoms. The molecule has 0 aliphatic carbocycles. The summed E-state index contributed by atoms with van der Waals surface area (Å²) in [6, 6.07) is 20.0. The van der Waals surface area contributed by atoms with Crippen molar-refractivity contribution >= 4 is 51.3 Å². The van der Waals surface area contributed by atoms with Gasteiger partial charge in [-0.3, -0.25) is 0 Å². The minimum Gasteiger partial charge on any atom is -0.359 e. The van der Waals surface area contributed by atoms with Crippen molar-refractivity contribution in [2.75, 3.05) is 0 Å². The molecule has 3 rings (SSSR count). The molecule has 0 amide bonds. The smallest absolute Gasteiger partial charge is 0.166 e. The second kappa shape index (κ2) is 7.84. The Hall–Kier alpha value is -1.81. The summed E-state index contributed by atoms with van der Waals surface area (Å²) in [4.78, 5) is 0. The molecule has 0 aliphatic rings. The van der Waals surface area contributed by atoms with Crippen LogP contribution in [0.5, 0.6) is 0 Å². The zero-order valence-electron chi connectivity index (χ0n) is 12.9. The van der Waals surface area contributed by atoms with Crippen LogP contribution in [0.25, 0.3) is 10.8 Å². The van der Waals surface area contributed by atoms with Crippen LogP contribution < -0.4 is 10.6 Å². The molecule has 2 N–H and O–H groups in total. The van der Waals surface area contributed by atoms with Crippen molar-refractivity contribution < 1.29 is 0 Å². The highest BCUT2D eigenvalue weighted by Crippen LogP contribution is 2.21. The number of hydrogen-bond donors (Lipinski definition) is 2. The number of fused-ring (bicyclic) bond motifs is 1. The summed E-state index contributed by atoms with van der Waals surface area (Å²) >= 11 is 17.4. The highest BCUT2D eigenvalue weighted by Gasteiger charge is 2.04. The Morgan fingerprint density at radius 1 is 0.833 bits per heavy atom. The van der Waals surface area contributed by atoms with Gasteiger partial charge in [0.25, 0.3) is 0 Å². The Bertz CT molecular complexity index is 875. The first kappa shape index (κ1) is 17.0. The molecule has 2 nitrogen and oxygen atoms in total. The average molecular weight is 375 g/mol. The standard InChI is InChI=1S/C19H16Cl2N2S/c20-16-9-8-15(18(21)10-16)12-23-19(24)22-11-14-6-3-5-13-4-1-2-7-17(13)14/h1-10H,11-12H2,(H2,22,23,24). The molecule has 0 saturated heterocycles. The zero-order chi connectivity index (χ0) is 16.9. The Kier molecular flexibility index (Phi) is 5.56. The molecular weight excluding hydrogens is 359 g/mol. The molecule has 0 fully saturated rings. The van der Waals surface area contributed by atoms with Gasteiger partial charge in [-0.1, -0.05) is 71.7 Å². The quantitative estimate of drug-likeness (QED) is 0.605. The lowest BCUT2D eigenvalue weighted by Gasteiger charge is -2.13. The number of nitrogens with one attached hydrogen (secondary N) is 2. The summed E-state index contributed by atoms with van der Waals surface area (Å²) in [5.74, 6) is 0. The van der Waals surface area contributed by atoms with Gasteiger partial charge in [-0.05, 0) is 46.2 Å². The van der Waals surface area contributed by atoms with Crippen LogP contribution in [0.4, 0.5) is 0 Å². The van der Waals surface area contributed by atoms with Crippen LogP contribution in [0.3, 0.4) is 0 Å².